The van der Waals surface area contributed by atoms with Crippen molar-refractivity contribution >= 4 is 57.2 Å². The van der Waals surface area contributed by atoms with Gasteiger partial charge in [0.25, 0.3) is 5.91 Å². The minimum Gasteiger partial charge on any atom is -0.426 e. The van der Waals surface area contributed by atoms with Crippen LogP contribution in [-0.4, -0.2) is 18.1 Å². The molecule has 1 N–H and O–H groups in total. The lowest BCUT2D eigenvalue weighted by molar-refractivity contribution is -0.134. The predicted molar refractivity (Wildman–Crippen MR) is 102 cm³/mol. The molecule has 2 rings (SSSR count). The number of ether oxygens (including phenoxy) is 1. The monoisotopic (exact) mass is 442 g/mol. The number of esters is 1. The number of nitrogens with one attached hydrogen (secondary N) is 1. The fourth-order valence-corrected chi connectivity index (χ4v) is 2.68. The summed E-state index contributed by atoms with van der Waals surface area (Å²) in [7, 11) is 0. The maximum absolute atomic E-state index is 12.1. The Labute approximate surface area is 163 Å². The quantitative estimate of drug-likeness (QED) is 0.311. The van der Waals surface area contributed by atoms with Gasteiger partial charge in [-0.05, 0) is 36.4 Å². The van der Waals surface area contributed by atoms with E-state index in [2.05, 4.69) is 26.5 Å². The first-order valence-electron chi connectivity index (χ1n) is 7.19. The topological polar surface area (TPSA) is 67.8 Å². The van der Waals surface area contributed by atoms with Crippen molar-refractivity contribution in [3.63, 3.8) is 0 Å². The summed E-state index contributed by atoms with van der Waals surface area (Å²) in [5.41, 5.74) is 3.14. The zero-order chi connectivity index (χ0) is 18.4. The maximum atomic E-state index is 12.1. The first-order valence-corrected chi connectivity index (χ1v) is 8.74. The second kappa shape index (κ2) is 8.99. The van der Waals surface area contributed by atoms with Crippen LogP contribution >= 0.6 is 39.1 Å². The zero-order valence-electron chi connectivity index (χ0n) is 13.1. The molecule has 8 heteroatoms. The van der Waals surface area contributed by atoms with Gasteiger partial charge in [-0.25, -0.2) is 5.43 Å². The molecule has 0 saturated heterocycles. The van der Waals surface area contributed by atoms with Crippen LogP contribution in [0, 0.1) is 0 Å². The van der Waals surface area contributed by atoms with Crippen molar-refractivity contribution in [2.24, 2.45) is 5.10 Å². The van der Waals surface area contributed by atoms with Crippen molar-refractivity contribution in [3.05, 3.63) is 62.0 Å². The van der Waals surface area contributed by atoms with Crippen LogP contribution < -0.4 is 10.2 Å². The van der Waals surface area contributed by atoms with E-state index in [1.807, 2.05) is 0 Å². The largest absolute Gasteiger partial charge is 0.426 e. The molecule has 25 heavy (non-hydrogen) atoms. The third-order valence-electron chi connectivity index (χ3n) is 3.03. The average Bonchev–Trinajstić information content (AvgIpc) is 2.56. The van der Waals surface area contributed by atoms with E-state index < -0.39 is 5.91 Å². The van der Waals surface area contributed by atoms with E-state index in [-0.39, 0.29) is 23.0 Å². The summed E-state index contributed by atoms with van der Waals surface area (Å²) >= 11 is 15.1. The first kappa shape index (κ1) is 19.4. The molecule has 0 aromatic heterocycles. The first-order chi connectivity index (χ1) is 11.9. The number of carbonyl (C=O) groups excluding carboxylic acids is 2. The summed E-state index contributed by atoms with van der Waals surface area (Å²) in [6.45, 7) is 1.70. The Hall–Kier alpha value is -1.89. The van der Waals surface area contributed by atoms with Gasteiger partial charge in [0.15, 0.2) is 0 Å². The van der Waals surface area contributed by atoms with Gasteiger partial charge in [0, 0.05) is 21.5 Å². The average molecular weight is 444 g/mol. The minimum atomic E-state index is -0.486. The van der Waals surface area contributed by atoms with E-state index in [1.54, 1.807) is 31.2 Å². The van der Waals surface area contributed by atoms with Crippen molar-refractivity contribution < 1.29 is 14.3 Å². The molecule has 0 fully saturated rings. The van der Waals surface area contributed by atoms with Crippen LogP contribution in [-0.2, 0) is 4.79 Å². The van der Waals surface area contributed by atoms with Crippen LogP contribution in [0.5, 0.6) is 5.75 Å². The number of nitrogens with zero attached hydrogens (tertiary/aromatic N) is 1. The highest BCUT2D eigenvalue weighted by Crippen LogP contribution is 2.23. The smallest absolute Gasteiger partial charge is 0.310 e. The standard InChI is InChI=1S/C17H13BrCl2N2O3/c1-2-16(23)25-15-6-3-11(18)7-10(15)9-21-22-17(24)13-5-4-12(19)8-14(13)20/h3-9H,2H2,1H3,(H,22,24). The zero-order valence-corrected chi connectivity index (χ0v) is 16.2. The molecule has 0 unspecified atom stereocenters. The van der Waals surface area contributed by atoms with Gasteiger partial charge in [-0.1, -0.05) is 46.1 Å². The molecule has 130 valence electrons. The molecule has 0 bridgehead atoms. The fourth-order valence-electron chi connectivity index (χ4n) is 1.80. The van der Waals surface area contributed by atoms with E-state index in [4.69, 9.17) is 27.9 Å². The Morgan fingerprint density at radius 2 is 2.00 bits per heavy atom. The Morgan fingerprint density at radius 1 is 1.24 bits per heavy atom. The van der Waals surface area contributed by atoms with Gasteiger partial charge < -0.3 is 4.74 Å². The Morgan fingerprint density at radius 3 is 2.68 bits per heavy atom. The number of carbonyl (C=O) groups is 2. The van der Waals surface area contributed by atoms with Gasteiger partial charge >= 0.3 is 5.97 Å². The molecular weight excluding hydrogens is 431 g/mol. The van der Waals surface area contributed by atoms with Crippen molar-refractivity contribution in [1.82, 2.24) is 5.43 Å². The van der Waals surface area contributed by atoms with E-state index in [0.717, 1.165) is 4.47 Å². The van der Waals surface area contributed by atoms with Gasteiger partial charge in [-0.3, -0.25) is 9.59 Å². The SMILES string of the molecule is CCC(=O)Oc1ccc(Br)cc1C=NNC(=O)c1ccc(Cl)cc1Cl. The maximum Gasteiger partial charge on any atom is 0.310 e. The second-order valence-corrected chi connectivity index (χ2v) is 6.59. The summed E-state index contributed by atoms with van der Waals surface area (Å²) in [6, 6.07) is 9.62. The van der Waals surface area contributed by atoms with Crippen molar-refractivity contribution in [2.75, 3.05) is 0 Å². The third kappa shape index (κ3) is 5.56. The summed E-state index contributed by atoms with van der Waals surface area (Å²) in [5, 5.41) is 4.54. The van der Waals surface area contributed by atoms with Gasteiger partial charge in [-0.15, -0.1) is 0 Å². The van der Waals surface area contributed by atoms with Crippen LogP contribution in [0.25, 0.3) is 0 Å². The third-order valence-corrected chi connectivity index (χ3v) is 4.07. The summed E-state index contributed by atoms with van der Waals surface area (Å²) < 4.78 is 6.00. The molecule has 5 nitrogen and oxygen atoms in total. The number of hydrogen-bond acceptors (Lipinski definition) is 4. The van der Waals surface area contributed by atoms with E-state index in [1.165, 1.54) is 18.3 Å². The van der Waals surface area contributed by atoms with Gasteiger partial charge in [-0.2, -0.15) is 5.10 Å². The van der Waals surface area contributed by atoms with Crippen LogP contribution in [0.15, 0.2) is 46.0 Å². The van der Waals surface area contributed by atoms with Crippen molar-refractivity contribution in [2.45, 2.75) is 13.3 Å². The molecule has 0 aliphatic heterocycles. The molecule has 0 aliphatic carbocycles. The lowest BCUT2D eigenvalue weighted by Crippen LogP contribution is -2.18. The Balaban J connectivity index is 2.14. The molecule has 0 heterocycles. The minimum absolute atomic E-state index is 0.222. The summed E-state index contributed by atoms with van der Waals surface area (Å²) in [6.07, 6.45) is 1.63. The molecular formula is C17H13BrCl2N2O3. The fraction of sp³-hybridized carbons (Fsp3) is 0.118. The molecule has 0 spiro atoms. The summed E-state index contributed by atoms with van der Waals surface area (Å²) in [5.74, 6) is -0.508. The lowest BCUT2D eigenvalue weighted by Gasteiger charge is -2.07. The Bertz CT molecular complexity index is 841. The highest BCUT2D eigenvalue weighted by atomic mass is 79.9. The Kier molecular flexibility index (Phi) is 6.99. The number of amides is 1. The van der Waals surface area contributed by atoms with Crippen molar-refractivity contribution in [3.8, 4) is 5.75 Å². The molecule has 0 atom stereocenters. The number of hydrogen-bond donors (Lipinski definition) is 1. The molecule has 0 radical (unpaired) electrons. The second-order valence-electron chi connectivity index (χ2n) is 4.83. The van der Waals surface area contributed by atoms with Crippen LogP contribution in [0.4, 0.5) is 0 Å². The molecule has 0 aliphatic rings. The predicted octanol–water partition coefficient (Wildman–Crippen LogP) is 4.84. The van der Waals surface area contributed by atoms with E-state index >= 15 is 0 Å². The van der Waals surface area contributed by atoms with Crippen LogP contribution in [0.1, 0.15) is 29.3 Å². The van der Waals surface area contributed by atoms with E-state index in [0.29, 0.717) is 16.3 Å². The normalized spacial score (nSPS) is 10.7. The number of rotatable bonds is 5. The highest BCUT2D eigenvalue weighted by molar-refractivity contribution is 9.10. The molecule has 1 amide bonds. The highest BCUT2D eigenvalue weighted by Gasteiger charge is 2.10. The number of benzene rings is 2. The number of halogens is 3. The summed E-state index contributed by atoms with van der Waals surface area (Å²) in [4.78, 5) is 23.6. The van der Waals surface area contributed by atoms with Gasteiger partial charge in [0.2, 0.25) is 0 Å². The van der Waals surface area contributed by atoms with Crippen LogP contribution in [0.3, 0.4) is 0 Å². The molecule has 2 aromatic carbocycles. The van der Waals surface area contributed by atoms with Gasteiger partial charge in [0.05, 0.1) is 16.8 Å². The molecule has 0 saturated carbocycles. The number of hydrazone groups is 1. The van der Waals surface area contributed by atoms with E-state index in [9.17, 15) is 9.59 Å². The van der Waals surface area contributed by atoms with Crippen molar-refractivity contribution in [1.29, 1.82) is 0 Å². The van der Waals surface area contributed by atoms with Crippen LogP contribution in [0.2, 0.25) is 10.0 Å². The molecule has 2 aromatic rings. The van der Waals surface area contributed by atoms with Gasteiger partial charge in [0.1, 0.15) is 5.75 Å². The lowest BCUT2D eigenvalue weighted by atomic mass is 10.2.